The van der Waals surface area contributed by atoms with Gasteiger partial charge < -0.3 is 14.5 Å². The van der Waals surface area contributed by atoms with Crippen molar-refractivity contribution in [1.82, 2.24) is 9.97 Å². The lowest BCUT2D eigenvalue weighted by molar-refractivity contribution is 0.102. The normalized spacial score (nSPS) is 13.9. The highest BCUT2D eigenvalue weighted by atomic mass is 32.2. The van der Waals surface area contributed by atoms with E-state index in [1.165, 1.54) is 41.7 Å². The Hall–Kier alpha value is -3.13. The van der Waals surface area contributed by atoms with Crippen molar-refractivity contribution in [3.05, 3.63) is 72.3 Å². The van der Waals surface area contributed by atoms with Crippen LogP contribution in [0.1, 0.15) is 10.4 Å². The Bertz CT molecular complexity index is 1020. The Morgan fingerprint density at radius 3 is 2.29 bits per heavy atom. The predicted octanol–water partition coefficient (Wildman–Crippen LogP) is 3.93. The molecule has 0 spiro atoms. The number of ketones is 1. The lowest BCUT2D eigenvalue weighted by Gasteiger charge is -2.37. The van der Waals surface area contributed by atoms with Crippen LogP contribution in [0.25, 0.3) is 0 Å². The summed E-state index contributed by atoms with van der Waals surface area (Å²) in [5, 5.41) is 0.732. The highest BCUT2D eigenvalue weighted by Gasteiger charge is 2.22. The van der Waals surface area contributed by atoms with Gasteiger partial charge in [-0.2, -0.15) is 0 Å². The van der Waals surface area contributed by atoms with Crippen molar-refractivity contribution < 1.29 is 13.9 Å². The second-order valence-corrected chi connectivity index (χ2v) is 8.04. The summed E-state index contributed by atoms with van der Waals surface area (Å²) in [4.78, 5) is 26.0. The topological polar surface area (TPSA) is 58.6 Å². The smallest absolute Gasteiger partial charge is 0.173 e. The third-order valence-electron chi connectivity index (χ3n) is 5.17. The van der Waals surface area contributed by atoms with Gasteiger partial charge in [0.25, 0.3) is 0 Å². The number of methoxy groups -OCH3 is 1. The molecule has 2 aromatic carbocycles. The Labute approximate surface area is 185 Å². The van der Waals surface area contributed by atoms with Crippen LogP contribution in [-0.2, 0) is 0 Å². The van der Waals surface area contributed by atoms with Crippen LogP contribution in [0, 0.1) is 5.82 Å². The Morgan fingerprint density at radius 1 is 0.968 bits per heavy atom. The molecule has 6 nitrogen and oxygen atoms in total. The third-order valence-corrected chi connectivity index (χ3v) is 6.14. The summed E-state index contributed by atoms with van der Waals surface area (Å²) in [6, 6.07) is 13.7. The van der Waals surface area contributed by atoms with Crippen molar-refractivity contribution in [2.75, 3.05) is 48.8 Å². The van der Waals surface area contributed by atoms with Gasteiger partial charge in [0.2, 0.25) is 0 Å². The summed E-state index contributed by atoms with van der Waals surface area (Å²) in [6.07, 6.45) is 3.32. The quantitative estimate of drug-likeness (QED) is 0.409. The van der Waals surface area contributed by atoms with Crippen LogP contribution in [0.3, 0.4) is 0 Å². The van der Waals surface area contributed by atoms with Crippen LogP contribution in [0.4, 0.5) is 15.9 Å². The van der Waals surface area contributed by atoms with Gasteiger partial charge in [0, 0.05) is 49.8 Å². The first-order valence-electron chi connectivity index (χ1n) is 10.0. The molecule has 1 aliphatic heterocycles. The molecule has 4 rings (SSSR count). The molecule has 1 fully saturated rings. The van der Waals surface area contributed by atoms with Crippen molar-refractivity contribution in [3.8, 4) is 5.75 Å². The number of ether oxygens (including phenoxy) is 1. The molecule has 1 saturated heterocycles. The zero-order chi connectivity index (χ0) is 21.6. The summed E-state index contributed by atoms with van der Waals surface area (Å²) in [6.45, 7) is 3.34. The molecular weight excluding hydrogens is 415 g/mol. The second kappa shape index (κ2) is 9.78. The number of benzene rings is 2. The molecule has 2 heterocycles. The fraction of sp³-hybridized carbons (Fsp3) is 0.261. The minimum Gasteiger partial charge on any atom is -0.497 e. The van der Waals surface area contributed by atoms with Crippen LogP contribution >= 0.6 is 11.8 Å². The first-order valence-corrected chi connectivity index (χ1v) is 11.0. The van der Waals surface area contributed by atoms with E-state index in [2.05, 4.69) is 31.9 Å². The first kappa shape index (κ1) is 21.1. The molecule has 0 aliphatic carbocycles. The number of aromatic nitrogens is 2. The number of rotatable bonds is 7. The van der Waals surface area contributed by atoms with Gasteiger partial charge in [-0.25, -0.2) is 14.4 Å². The molecule has 8 heteroatoms. The number of Topliss-reactive ketones (excluding diaryl/α,β-unsaturated/α-hetero) is 1. The molecule has 0 atom stereocenters. The molecule has 0 radical (unpaired) electrons. The number of hydrogen-bond acceptors (Lipinski definition) is 7. The number of halogens is 1. The van der Waals surface area contributed by atoms with E-state index in [4.69, 9.17) is 4.74 Å². The summed E-state index contributed by atoms with van der Waals surface area (Å²) >= 11 is 1.36. The van der Waals surface area contributed by atoms with Crippen molar-refractivity contribution in [3.63, 3.8) is 0 Å². The highest BCUT2D eigenvalue weighted by molar-refractivity contribution is 8.00. The van der Waals surface area contributed by atoms with E-state index in [9.17, 15) is 9.18 Å². The van der Waals surface area contributed by atoms with Gasteiger partial charge in [-0.15, -0.1) is 0 Å². The summed E-state index contributed by atoms with van der Waals surface area (Å²) in [5.41, 5.74) is 1.66. The molecule has 0 bridgehead atoms. The van der Waals surface area contributed by atoms with Gasteiger partial charge in [-0.1, -0.05) is 11.8 Å². The zero-order valence-corrected chi connectivity index (χ0v) is 18.0. The summed E-state index contributed by atoms with van der Waals surface area (Å²) in [7, 11) is 1.66. The van der Waals surface area contributed by atoms with Crippen LogP contribution in [-0.4, -0.2) is 54.8 Å². The lowest BCUT2D eigenvalue weighted by atomic mass is 10.1. The van der Waals surface area contributed by atoms with Gasteiger partial charge in [0.15, 0.2) is 11.6 Å². The maximum absolute atomic E-state index is 13.1. The molecule has 0 amide bonds. The number of piperazine rings is 1. The number of hydrogen-bond donors (Lipinski definition) is 0. The van der Waals surface area contributed by atoms with E-state index in [0.29, 0.717) is 5.56 Å². The average Bonchev–Trinajstić information content (AvgIpc) is 2.83. The summed E-state index contributed by atoms with van der Waals surface area (Å²) in [5.74, 6) is 1.45. The van der Waals surface area contributed by atoms with Crippen LogP contribution < -0.4 is 14.5 Å². The average molecular weight is 439 g/mol. The van der Waals surface area contributed by atoms with E-state index < -0.39 is 0 Å². The van der Waals surface area contributed by atoms with Gasteiger partial charge in [0.05, 0.1) is 12.9 Å². The third kappa shape index (κ3) is 5.14. The molecule has 0 saturated carbocycles. The van der Waals surface area contributed by atoms with Crippen molar-refractivity contribution in [2.45, 2.75) is 5.03 Å². The number of thioether (sulfide) groups is 1. The van der Waals surface area contributed by atoms with Gasteiger partial charge in [-0.3, -0.25) is 4.79 Å². The van der Waals surface area contributed by atoms with Crippen LogP contribution in [0.5, 0.6) is 5.75 Å². The van der Waals surface area contributed by atoms with Crippen molar-refractivity contribution >= 4 is 29.1 Å². The fourth-order valence-corrected chi connectivity index (χ4v) is 4.34. The maximum atomic E-state index is 13.1. The van der Waals surface area contributed by atoms with Crippen LogP contribution in [0.2, 0.25) is 0 Å². The van der Waals surface area contributed by atoms with E-state index in [0.717, 1.165) is 42.8 Å². The SMILES string of the molecule is COc1ccc(N2CCN(c3nccnc3SCC(=O)c3ccc(F)cc3)CC2)cc1. The monoisotopic (exact) mass is 438 g/mol. The zero-order valence-electron chi connectivity index (χ0n) is 17.2. The standard InChI is InChI=1S/C23H23FN4O2S/c1-30-20-8-6-19(7-9-20)27-12-14-28(15-13-27)22-23(26-11-10-25-22)31-16-21(29)17-2-4-18(24)5-3-17/h2-11H,12-16H2,1H3. The van der Waals surface area contributed by atoms with Crippen LogP contribution in [0.15, 0.2) is 66.0 Å². The number of nitrogens with zero attached hydrogens (tertiary/aromatic N) is 4. The molecule has 160 valence electrons. The van der Waals surface area contributed by atoms with Crippen molar-refractivity contribution in [1.29, 1.82) is 0 Å². The van der Waals surface area contributed by atoms with Gasteiger partial charge in [-0.05, 0) is 48.5 Å². The van der Waals surface area contributed by atoms with Crippen molar-refractivity contribution in [2.24, 2.45) is 0 Å². The first-order chi connectivity index (χ1) is 15.1. The Balaban J connectivity index is 1.38. The van der Waals surface area contributed by atoms with E-state index >= 15 is 0 Å². The molecular formula is C23H23FN4O2S. The molecule has 1 aromatic heterocycles. The Kier molecular flexibility index (Phi) is 6.66. The molecule has 31 heavy (non-hydrogen) atoms. The Morgan fingerprint density at radius 2 is 1.61 bits per heavy atom. The predicted molar refractivity (Wildman–Crippen MR) is 121 cm³/mol. The number of anilines is 2. The largest absolute Gasteiger partial charge is 0.497 e. The molecule has 0 unspecified atom stereocenters. The molecule has 0 N–H and O–H groups in total. The molecule has 1 aliphatic rings. The van der Waals surface area contributed by atoms with E-state index in [1.807, 2.05) is 12.1 Å². The number of carbonyl (C=O) groups is 1. The molecule has 3 aromatic rings. The van der Waals surface area contributed by atoms with E-state index in [1.54, 1.807) is 19.5 Å². The highest BCUT2D eigenvalue weighted by Crippen LogP contribution is 2.28. The fourth-order valence-electron chi connectivity index (χ4n) is 3.46. The van der Waals surface area contributed by atoms with Gasteiger partial charge >= 0.3 is 0 Å². The second-order valence-electron chi connectivity index (χ2n) is 7.08. The minimum atomic E-state index is -0.353. The maximum Gasteiger partial charge on any atom is 0.173 e. The minimum absolute atomic E-state index is 0.0640. The number of carbonyl (C=O) groups excluding carboxylic acids is 1. The van der Waals surface area contributed by atoms with E-state index in [-0.39, 0.29) is 17.4 Å². The lowest BCUT2D eigenvalue weighted by Crippen LogP contribution is -2.47. The van der Waals surface area contributed by atoms with Gasteiger partial charge in [0.1, 0.15) is 16.6 Å². The summed E-state index contributed by atoms with van der Waals surface area (Å²) < 4.78 is 18.3.